The second-order valence-corrected chi connectivity index (χ2v) is 9.34. The van der Waals surface area contributed by atoms with Crippen LogP contribution in [0.25, 0.3) is 10.2 Å². The molecule has 0 saturated carbocycles. The molecule has 1 N–H and O–H groups in total. The number of carbonyl (C=O) groups is 3. The van der Waals surface area contributed by atoms with Crippen LogP contribution < -0.4 is 0 Å². The van der Waals surface area contributed by atoms with E-state index in [-0.39, 0.29) is 39.8 Å². The Morgan fingerprint density at radius 1 is 1.16 bits per heavy atom. The number of fused-ring (bicyclic) bond motifs is 1. The molecule has 0 aliphatic carbocycles. The van der Waals surface area contributed by atoms with Gasteiger partial charge in [0.1, 0.15) is 5.69 Å². The Morgan fingerprint density at radius 2 is 1.88 bits per heavy atom. The average molecular weight is 472 g/mol. The van der Waals surface area contributed by atoms with Crippen molar-refractivity contribution >= 4 is 50.8 Å². The molecule has 1 fully saturated rings. The Balaban J connectivity index is 1.59. The van der Waals surface area contributed by atoms with Gasteiger partial charge in [-0.3, -0.25) is 14.5 Å². The fourth-order valence-electron chi connectivity index (χ4n) is 4.01. The highest BCUT2D eigenvalue weighted by Gasteiger charge is 2.34. The maximum atomic E-state index is 13.4. The molecular formula is C23H22ClN3O4S. The minimum Gasteiger partial charge on any atom is -0.475 e. The Morgan fingerprint density at radius 3 is 2.56 bits per heavy atom. The van der Waals surface area contributed by atoms with E-state index in [0.29, 0.717) is 17.8 Å². The van der Waals surface area contributed by atoms with E-state index in [4.69, 9.17) is 16.7 Å². The molecule has 3 aromatic rings. The Hall–Kier alpha value is -2.81. The van der Waals surface area contributed by atoms with Gasteiger partial charge in [0.15, 0.2) is 0 Å². The lowest BCUT2D eigenvalue weighted by atomic mass is 10.1. The number of hydrogen-bond donors (Lipinski definition) is 1. The normalized spacial score (nSPS) is 19.3. The number of aromatic nitrogens is 1. The van der Waals surface area contributed by atoms with Gasteiger partial charge in [-0.15, -0.1) is 11.3 Å². The number of nitrogens with zero attached hydrogens (tertiary/aromatic N) is 3. The first kappa shape index (κ1) is 22.4. The minimum absolute atomic E-state index is 0.0303. The van der Waals surface area contributed by atoms with Gasteiger partial charge in [-0.05, 0) is 25.5 Å². The molecule has 1 aliphatic heterocycles. The maximum absolute atomic E-state index is 13.4. The number of hydrogen-bond acceptors (Lipinski definition) is 6. The van der Waals surface area contributed by atoms with E-state index in [1.807, 2.05) is 25.1 Å². The Labute approximate surface area is 194 Å². The van der Waals surface area contributed by atoms with Crippen LogP contribution in [0.4, 0.5) is 0 Å². The first-order valence-corrected chi connectivity index (χ1v) is 11.5. The van der Waals surface area contributed by atoms with Gasteiger partial charge >= 0.3 is 5.97 Å². The monoisotopic (exact) mass is 471 g/mol. The van der Waals surface area contributed by atoms with Gasteiger partial charge in [0.05, 0.1) is 20.8 Å². The van der Waals surface area contributed by atoms with Gasteiger partial charge in [0.25, 0.3) is 11.7 Å². The summed E-state index contributed by atoms with van der Waals surface area (Å²) in [5.74, 6) is -2.94. The first-order valence-electron chi connectivity index (χ1n) is 10.2. The van der Waals surface area contributed by atoms with Gasteiger partial charge < -0.3 is 10.0 Å². The molecule has 1 saturated heterocycles. The van der Waals surface area contributed by atoms with E-state index >= 15 is 0 Å². The van der Waals surface area contributed by atoms with E-state index in [1.54, 1.807) is 11.0 Å². The first-order chi connectivity index (χ1) is 15.3. The number of amides is 1. The standard InChI is InChI=1S/C23H22ClN3O4S/c1-13-10-27(14(2)9-26(13)11-15-6-4-3-5-7-15)22(29)20-17(24)8-18-19(25-20)16(12-32-18)21(28)23(30)31/h3-8,12-14H,9-11H2,1-2H3,(H,30,31)/t13-,14+/m0/s1. The van der Waals surface area contributed by atoms with E-state index < -0.39 is 11.8 Å². The largest absolute Gasteiger partial charge is 0.475 e. The van der Waals surface area contributed by atoms with Crippen molar-refractivity contribution in [2.45, 2.75) is 32.5 Å². The molecule has 0 unspecified atom stereocenters. The van der Waals surface area contributed by atoms with Gasteiger partial charge in [-0.1, -0.05) is 41.9 Å². The fraction of sp³-hybridized carbons (Fsp3) is 0.304. The summed E-state index contributed by atoms with van der Waals surface area (Å²) >= 11 is 7.54. The summed E-state index contributed by atoms with van der Waals surface area (Å²) in [6, 6.07) is 11.8. The zero-order chi connectivity index (χ0) is 23.0. The summed E-state index contributed by atoms with van der Waals surface area (Å²) in [6.07, 6.45) is 0. The molecule has 32 heavy (non-hydrogen) atoms. The predicted octanol–water partition coefficient (Wildman–Crippen LogP) is 3.95. The lowest BCUT2D eigenvalue weighted by molar-refractivity contribution is -0.131. The molecular weight excluding hydrogens is 450 g/mol. The second kappa shape index (κ2) is 8.97. The van der Waals surface area contributed by atoms with E-state index in [1.165, 1.54) is 22.3 Å². The number of aliphatic carboxylic acids is 1. The maximum Gasteiger partial charge on any atom is 0.377 e. The van der Waals surface area contributed by atoms with E-state index in [2.05, 4.69) is 28.9 Å². The van der Waals surface area contributed by atoms with E-state index in [0.717, 1.165) is 6.54 Å². The van der Waals surface area contributed by atoms with Crippen LogP contribution in [0.3, 0.4) is 0 Å². The molecule has 4 rings (SSSR count). The van der Waals surface area contributed by atoms with Crippen LogP contribution in [0.15, 0.2) is 41.8 Å². The number of rotatable bonds is 5. The van der Waals surface area contributed by atoms with Gasteiger partial charge in [0.2, 0.25) is 0 Å². The van der Waals surface area contributed by atoms with Crippen molar-refractivity contribution < 1.29 is 19.5 Å². The minimum atomic E-state index is -1.56. The van der Waals surface area contributed by atoms with Crippen molar-refractivity contribution in [2.24, 2.45) is 0 Å². The number of carboxylic acid groups (broad SMARTS) is 1. The summed E-state index contributed by atoms with van der Waals surface area (Å²) in [4.78, 5) is 45.0. The van der Waals surface area contributed by atoms with Crippen molar-refractivity contribution in [3.63, 3.8) is 0 Å². The zero-order valence-corrected chi connectivity index (χ0v) is 19.2. The van der Waals surface area contributed by atoms with Crippen LogP contribution in [-0.2, 0) is 11.3 Å². The summed E-state index contributed by atoms with van der Waals surface area (Å²) in [7, 11) is 0. The lowest BCUT2D eigenvalue weighted by Crippen LogP contribution is -2.57. The third-order valence-corrected chi connectivity index (χ3v) is 6.95. The quantitative estimate of drug-likeness (QED) is 0.447. The topological polar surface area (TPSA) is 90.8 Å². The molecule has 1 aromatic carbocycles. The molecule has 166 valence electrons. The number of pyridine rings is 1. The van der Waals surface area contributed by atoms with Crippen molar-refractivity contribution in [3.05, 3.63) is 63.6 Å². The van der Waals surface area contributed by atoms with Crippen molar-refractivity contribution in [1.82, 2.24) is 14.8 Å². The van der Waals surface area contributed by atoms with Crippen LogP contribution in [0, 0.1) is 0 Å². The van der Waals surface area contributed by atoms with Gasteiger partial charge in [-0.25, -0.2) is 9.78 Å². The number of halogens is 1. The lowest BCUT2D eigenvalue weighted by Gasteiger charge is -2.44. The summed E-state index contributed by atoms with van der Waals surface area (Å²) < 4.78 is 0.560. The van der Waals surface area contributed by atoms with E-state index in [9.17, 15) is 14.4 Å². The zero-order valence-electron chi connectivity index (χ0n) is 17.6. The molecule has 1 amide bonds. The summed E-state index contributed by atoms with van der Waals surface area (Å²) in [5, 5.41) is 10.7. The third-order valence-electron chi connectivity index (χ3n) is 5.75. The molecule has 2 atom stereocenters. The van der Waals surface area contributed by atoms with Crippen molar-refractivity contribution in [3.8, 4) is 0 Å². The number of carbonyl (C=O) groups excluding carboxylic acids is 2. The molecule has 9 heteroatoms. The predicted molar refractivity (Wildman–Crippen MR) is 123 cm³/mol. The Kier molecular flexibility index (Phi) is 6.28. The van der Waals surface area contributed by atoms with Crippen LogP contribution in [-0.4, -0.2) is 62.7 Å². The van der Waals surface area contributed by atoms with Crippen molar-refractivity contribution in [2.75, 3.05) is 13.1 Å². The van der Waals surface area contributed by atoms with Crippen LogP contribution in [0.2, 0.25) is 5.02 Å². The number of carboxylic acids is 1. The Bertz CT molecular complexity index is 1200. The number of ketones is 1. The molecule has 0 spiro atoms. The molecule has 2 aromatic heterocycles. The molecule has 0 bridgehead atoms. The van der Waals surface area contributed by atoms with Gasteiger partial charge in [-0.2, -0.15) is 0 Å². The van der Waals surface area contributed by atoms with Crippen LogP contribution in [0.1, 0.15) is 40.3 Å². The van der Waals surface area contributed by atoms with Crippen LogP contribution in [0.5, 0.6) is 0 Å². The average Bonchev–Trinajstić information content (AvgIpc) is 3.17. The second-order valence-electron chi connectivity index (χ2n) is 8.02. The smallest absolute Gasteiger partial charge is 0.377 e. The molecule has 7 nitrogen and oxygen atoms in total. The third kappa shape index (κ3) is 4.26. The highest BCUT2D eigenvalue weighted by atomic mass is 35.5. The van der Waals surface area contributed by atoms with Crippen molar-refractivity contribution in [1.29, 1.82) is 0 Å². The van der Waals surface area contributed by atoms with Crippen LogP contribution >= 0.6 is 22.9 Å². The number of piperazine rings is 1. The molecule has 1 aliphatic rings. The summed E-state index contributed by atoms with van der Waals surface area (Å²) in [5.41, 5.74) is 1.41. The molecule has 0 radical (unpaired) electrons. The van der Waals surface area contributed by atoms with Gasteiger partial charge in [0, 0.05) is 37.1 Å². The number of Topliss-reactive ketones (excluding diaryl/α,β-unsaturated/α-hetero) is 1. The summed E-state index contributed by atoms with van der Waals surface area (Å²) in [6.45, 7) is 6.07. The fourth-order valence-corrected chi connectivity index (χ4v) is 5.23. The highest BCUT2D eigenvalue weighted by molar-refractivity contribution is 7.17. The highest BCUT2D eigenvalue weighted by Crippen LogP contribution is 2.31. The number of benzene rings is 1. The number of thiophene rings is 1. The molecule has 3 heterocycles. The SMILES string of the molecule is C[C@@H]1CN(Cc2ccccc2)[C@@H](C)CN1C(=O)c1nc2c(C(=O)C(=O)O)csc2cc1Cl.